The highest BCUT2D eigenvalue weighted by molar-refractivity contribution is 5.49. The van der Waals surface area contributed by atoms with Gasteiger partial charge in [-0.25, -0.2) is 0 Å². The molecule has 0 aromatic carbocycles. The minimum absolute atomic E-state index is 0.316. The second-order valence-electron chi connectivity index (χ2n) is 3.28. The average Bonchev–Trinajstić information content (AvgIpc) is 2.84. The van der Waals surface area contributed by atoms with Crippen molar-refractivity contribution in [1.82, 2.24) is 19.9 Å². The molecule has 0 aliphatic heterocycles. The fraction of sp³-hybridized carbons (Fsp3) is 0.444. The second kappa shape index (κ2) is 3.82. The SMILES string of the molecule is CCC(O)c1noc(-c2cnn(C)c2)n1. The minimum atomic E-state index is -0.667. The molecule has 2 heterocycles. The fourth-order valence-electron chi connectivity index (χ4n) is 1.20. The van der Waals surface area contributed by atoms with Crippen molar-refractivity contribution >= 4 is 0 Å². The van der Waals surface area contributed by atoms with Gasteiger partial charge in [0.25, 0.3) is 5.89 Å². The summed E-state index contributed by atoms with van der Waals surface area (Å²) in [5.74, 6) is 0.696. The fourth-order valence-corrected chi connectivity index (χ4v) is 1.20. The van der Waals surface area contributed by atoms with Gasteiger partial charge in [0.2, 0.25) is 5.82 Å². The largest absolute Gasteiger partial charge is 0.385 e. The summed E-state index contributed by atoms with van der Waals surface area (Å²) in [6, 6.07) is 0. The lowest BCUT2D eigenvalue weighted by atomic mass is 10.3. The molecule has 0 fully saturated rings. The zero-order valence-corrected chi connectivity index (χ0v) is 8.58. The van der Waals surface area contributed by atoms with Gasteiger partial charge in [-0.15, -0.1) is 0 Å². The van der Waals surface area contributed by atoms with Crippen LogP contribution in [0.4, 0.5) is 0 Å². The molecule has 1 N–H and O–H groups in total. The Labute approximate surface area is 86.5 Å². The highest BCUT2D eigenvalue weighted by atomic mass is 16.5. The van der Waals surface area contributed by atoms with Crippen LogP contribution in [0.5, 0.6) is 0 Å². The van der Waals surface area contributed by atoms with Crippen molar-refractivity contribution in [3.63, 3.8) is 0 Å². The van der Waals surface area contributed by atoms with E-state index in [2.05, 4.69) is 15.2 Å². The molecular weight excluding hydrogens is 196 g/mol. The summed E-state index contributed by atoms with van der Waals surface area (Å²) in [7, 11) is 1.81. The van der Waals surface area contributed by atoms with Crippen LogP contribution >= 0.6 is 0 Å². The number of aliphatic hydroxyl groups is 1. The predicted molar refractivity (Wildman–Crippen MR) is 51.8 cm³/mol. The molecule has 6 heteroatoms. The maximum Gasteiger partial charge on any atom is 0.261 e. The van der Waals surface area contributed by atoms with Gasteiger partial charge in [-0.3, -0.25) is 4.68 Å². The van der Waals surface area contributed by atoms with E-state index in [1.165, 1.54) is 0 Å². The molecule has 1 unspecified atom stereocenters. The maximum atomic E-state index is 9.49. The van der Waals surface area contributed by atoms with E-state index in [-0.39, 0.29) is 0 Å². The molecule has 0 spiro atoms. The van der Waals surface area contributed by atoms with Crippen molar-refractivity contribution in [3.05, 3.63) is 18.2 Å². The molecular formula is C9H12N4O2. The highest BCUT2D eigenvalue weighted by Gasteiger charge is 2.15. The number of aryl methyl sites for hydroxylation is 1. The first-order valence-electron chi connectivity index (χ1n) is 4.71. The number of hydrogen-bond donors (Lipinski definition) is 1. The summed E-state index contributed by atoms with van der Waals surface area (Å²) in [6.45, 7) is 1.85. The molecule has 0 amide bonds. The molecule has 0 bridgehead atoms. The Morgan fingerprint density at radius 3 is 3.00 bits per heavy atom. The van der Waals surface area contributed by atoms with Crippen LogP contribution in [-0.2, 0) is 7.05 Å². The first kappa shape index (κ1) is 9.85. The highest BCUT2D eigenvalue weighted by Crippen LogP contribution is 2.19. The van der Waals surface area contributed by atoms with Crippen molar-refractivity contribution in [2.75, 3.05) is 0 Å². The van der Waals surface area contributed by atoms with Crippen molar-refractivity contribution < 1.29 is 9.63 Å². The number of rotatable bonds is 3. The zero-order chi connectivity index (χ0) is 10.8. The monoisotopic (exact) mass is 208 g/mol. The van der Waals surface area contributed by atoms with Gasteiger partial charge in [0, 0.05) is 13.2 Å². The van der Waals surface area contributed by atoms with Gasteiger partial charge in [0.15, 0.2) is 0 Å². The topological polar surface area (TPSA) is 77.0 Å². The van der Waals surface area contributed by atoms with Crippen molar-refractivity contribution in [2.45, 2.75) is 19.4 Å². The van der Waals surface area contributed by atoms with Crippen LogP contribution < -0.4 is 0 Å². The summed E-state index contributed by atoms with van der Waals surface area (Å²) >= 11 is 0. The molecule has 0 saturated heterocycles. The minimum Gasteiger partial charge on any atom is -0.385 e. The van der Waals surface area contributed by atoms with Crippen LogP contribution in [0, 0.1) is 0 Å². The molecule has 0 saturated carbocycles. The van der Waals surface area contributed by atoms with Gasteiger partial charge >= 0.3 is 0 Å². The average molecular weight is 208 g/mol. The van der Waals surface area contributed by atoms with Crippen LogP contribution in [0.1, 0.15) is 25.3 Å². The summed E-state index contributed by atoms with van der Waals surface area (Å²) in [5, 5.41) is 17.2. The maximum absolute atomic E-state index is 9.49. The standard InChI is InChI=1S/C9H12N4O2/c1-3-7(14)8-11-9(15-12-8)6-4-10-13(2)5-6/h4-5,7,14H,3H2,1-2H3. The van der Waals surface area contributed by atoms with E-state index in [9.17, 15) is 5.11 Å². The van der Waals surface area contributed by atoms with Crippen molar-refractivity contribution in [1.29, 1.82) is 0 Å². The summed E-state index contributed by atoms with van der Waals surface area (Å²) in [5.41, 5.74) is 0.750. The second-order valence-corrected chi connectivity index (χ2v) is 3.28. The van der Waals surface area contributed by atoms with E-state index in [1.807, 2.05) is 14.0 Å². The molecule has 0 aliphatic carbocycles. The molecule has 15 heavy (non-hydrogen) atoms. The Morgan fingerprint density at radius 2 is 2.40 bits per heavy atom. The number of hydrogen-bond acceptors (Lipinski definition) is 5. The Morgan fingerprint density at radius 1 is 1.60 bits per heavy atom. The van der Waals surface area contributed by atoms with Gasteiger partial charge in [-0.1, -0.05) is 12.1 Å². The molecule has 0 aliphatic rings. The molecule has 6 nitrogen and oxygen atoms in total. The summed E-state index contributed by atoms with van der Waals surface area (Å²) in [4.78, 5) is 4.08. The third-order valence-corrected chi connectivity index (χ3v) is 2.08. The predicted octanol–water partition coefficient (Wildman–Crippen LogP) is 0.913. The van der Waals surface area contributed by atoms with E-state index >= 15 is 0 Å². The Kier molecular flexibility index (Phi) is 2.51. The van der Waals surface area contributed by atoms with E-state index in [0.717, 1.165) is 5.56 Å². The van der Waals surface area contributed by atoms with Gasteiger partial charge in [0.1, 0.15) is 6.10 Å². The Hall–Kier alpha value is -1.69. The molecule has 1 atom stereocenters. The normalized spacial score (nSPS) is 13.0. The van der Waals surface area contributed by atoms with Crippen molar-refractivity contribution in [2.24, 2.45) is 7.05 Å². The summed E-state index contributed by atoms with van der Waals surface area (Å²) in [6.07, 6.45) is 3.30. The number of nitrogens with zero attached hydrogens (tertiary/aromatic N) is 4. The van der Waals surface area contributed by atoms with Gasteiger partial charge < -0.3 is 9.63 Å². The summed E-state index contributed by atoms with van der Waals surface area (Å²) < 4.78 is 6.66. The third kappa shape index (κ3) is 1.89. The Balaban J connectivity index is 2.27. The van der Waals surface area contributed by atoms with E-state index in [4.69, 9.17) is 4.52 Å². The molecule has 2 aromatic heterocycles. The van der Waals surface area contributed by atoms with Crippen LogP contribution in [-0.4, -0.2) is 25.0 Å². The van der Waals surface area contributed by atoms with E-state index < -0.39 is 6.10 Å². The van der Waals surface area contributed by atoms with E-state index in [0.29, 0.717) is 18.1 Å². The van der Waals surface area contributed by atoms with Crippen LogP contribution in [0.3, 0.4) is 0 Å². The quantitative estimate of drug-likeness (QED) is 0.811. The molecule has 80 valence electrons. The lowest BCUT2D eigenvalue weighted by molar-refractivity contribution is 0.159. The zero-order valence-electron chi connectivity index (χ0n) is 8.58. The van der Waals surface area contributed by atoms with Gasteiger partial charge in [-0.2, -0.15) is 10.1 Å². The van der Waals surface area contributed by atoms with Gasteiger partial charge in [-0.05, 0) is 6.42 Å². The van der Waals surface area contributed by atoms with Crippen molar-refractivity contribution in [3.8, 4) is 11.5 Å². The van der Waals surface area contributed by atoms with Crippen LogP contribution in [0.2, 0.25) is 0 Å². The van der Waals surface area contributed by atoms with Crippen LogP contribution in [0.15, 0.2) is 16.9 Å². The molecule has 2 aromatic rings. The first-order valence-corrected chi connectivity index (χ1v) is 4.71. The number of aromatic nitrogens is 4. The van der Waals surface area contributed by atoms with E-state index in [1.54, 1.807) is 17.1 Å². The first-order chi connectivity index (χ1) is 7.20. The van der Waals surface area contributed by atoms with Crippen LogP contribution in [0.25, 0.3) is 11.5 Å². The molecule has 2 rings (SSSR count). The third-order valence-electron chi connectivity index (χ3n) is 2.08. The number of aliphatic hydroxyl groups excluding tert-OH is 1. The lowest BCUT2D eigenvalue weighted by Gasteiger charge is -1.97. The lowest BCUT2D eigenvalue weighted by Crippen LogP contribution is -1.97. The smallest absolute Gasteiger partial charge is 0.261 e. The Bertz CT molecular complexity index is 448. The molecule has 0 radical (unpaired) electrons. The van der Waals surface area contributed by atoms with Gasteiger partial charge in [0.05, 0.1) is 11.8 Å².